The molecule has 0 fully saturated rings. The van der Waals surface area contributed by atoms with Crippen LogP contribution >= 0.6 is 22.7 Å². The van der Waals surface area contributed by atoms with E-state index in [0.29, 0.717) is 38.3 Å². The molecule has 156 valence electrons. The van der Waals surface area contributed by atoms with Crippen molar-refractivity contribution in [2.45, 2.75) is 0 Å². The first-order chi connectivity index (χ1) is 15.0. The summed E-state index contributed by atoms with van der Waals surface area (Å²) in [4.78, 5) is 29.6. The smallest absolute Gasteiger partial charge is 0.265 e. The minimum absolute atomic E-state index is 0.199. The Hall–Kier alpha value is -3.56. The minimum Gasteiger partial charge on any atom is -0.496 e. The molecule has 2 aromatic heterocycles. The predicted molar refractivity (Wildman–Crippen MR) is 121 cm³/mol. The maximum absolute atomic E-state index is 13.6. The fourth-order valence-electron chi connectivity index (χ4n) is 2.81. The van der Waals surface area contributed by atoms with Crippen LogP contribution in [0.3, 0.4) is 0 Å². The van der Waals surface area contributed by atoms with Crippen LogP contribution in [0.4, 0.5) is 15.2 Å². The van der Waals surface area contributed by atoms with E-state index < -0.39 is 5.82 Å². The molecule has 0 spiro atoms. The summed E-state index contributed by atoms with van der Waals surface area (Å²) in [5.41, 5.74) is 2.01. The Balaban J connectivity index is 1.43. The fourth-order valence-corrected chi connectivity index (χ4v) is 4.13. The summed E-state index contributed by atoms with van der Waals surface area (Å²) in [7, 11) is 1.50. The number of anilines is 2. The van der Waals surface area contributed by atoms with Gasteiger partial charge in [0, 0.05) is 22.2 Å². The second-order valence-corrected chi connectivity index (χ2v) is 8.15. The fraction of sp³-hybridized carbons (Fsp3) is 0.0455. The molecule has 0 aliphatic heterocycles. The van der Waals surface area contributed by atoms with Gasteiger partial charge in [-0.15, -0.1) is 22.7 Å². The van der Waals surface area contributed by atoms with Gasteiger partial charge in [-0.2, -0.15) is 0 Å². The Morgan fingerprint density at radius 2 is 1.81 bits per heavy atom. The Labute approximate surface area is 185 Å². The molecule has 0 aliphatic rings. The van der Waals surface area contributed by atoms with Crippen molar-refractivity contribution in [3.8, 4) is 17.0 Å². The summed E-state index contributed by atoms with van der Waals surface area (Å²) in [6, 6.07) is 14.3. The summed E-state index contributed by atoms with van der Waals surface area (Å²) in [6.45, 7) is 0. The van der Waals surface area contributed by atoms with Gasteiger partial charge in [0.15, 0.2) is 5.13 Å². The second kappa shape index (κ2) is 9.07. The molecule has 0 radical (unpaired) electrons. The van der Waals surface area contributed by atoms with Crippen LogP contribution < -0.4 is 15.4 Å². The van der Waals surface area contributed by atoms with Crippen molar-refractivity contribution in [3.05, 3.63) is 81.6 Å². The molecule has 0 unspecified atom stereocenters. The lowest BCUT2D eigenvalue weighted by atomic mass is 10.1. The number of nitrogens with one attached hydrogen (secondary N) is 2. The number of halogens is 1. The molecule has 4 rings (SSSR count). The van der Waals surface area contributed by atoms with Gasteiger partial charge >= 0.3 is 0 Å². The standard InChI is InChI=1S/C22H16FN3O3S2/c1-29-18-9-6-14(23)11-16(18)17-12-31-22(25-17)26-20(27)13-4-7-15(8-5-13)24-21(28)19-3-2-10-30-19/h2-12H,1H3,(H,24,28)(H,25,26,27). The number of carbonyl (C=O) groups is 2. The van der Waals surface area contributed by atoms with Crippen LogP contribution in [0, 0.1) is 5.82 Å². The van der Waals surface area contributed by atoms with Crippen LogP contribution in [0.1, 0.15) is 20.0 Å². The number of benzene rings is 2. The number of thiazole rings is 1. The first kappa shape index (κ1) is 20.7. The number of hydrogen-bond acceptors (Lipinski definition) is 6. The first-order valence-electron chi connectivity index (χ1n) is 9.09. The normalized spacial score (nSPS) is 10.5. The number of rotatable bonds is 6. The van der Waals surface area contributed by atoms with Crippen LogP contribution in [-0.4, -0.2) is 23.9 Å². The zero-order valence-electron chi connectivity index (χ0n) is 16.2. The Morgan fingerprint density at radius 3 is 2.52 bits per heavy atom. The molecule has 2 N–H and O–H groups in total. The average molecular weight is 454 g/mol. The van der Waals surface area contributed by atoms with Gasteiger partial charge in [-0.25, -0.2) is 9.37 Å². The maximum atomic E-state index is 13.6. The summed E-state index contributed by atoms with van der Waals surface area (Å²) in [5.74, 6) is -0.455. The molecule has 2 aromatic carbocycles. The van der Waals surface area contributed by atoms with Gasteiger partial charge in [0.1, 0.15) is 11.6 Å². The molecule has 6 nitrogen and oxygen atoms in total. The highest BCUT2D eigenvalue weighted by molar-refractivity contribution is 7.14. The summed E-state index contributed by atoms with van der Waals surface area (Å²) < 4.78 is 18.9. The summed E-state index contributed by atoms with van der Waals surface area (Å²) in [6.07, 6.45) is 0. The van der Waals surface area contributed by atoms with Crippen molar-refractivity contribution >= 4 is 45.3 Å². The third kappa shape index (κ3) is 4.79. The number of hydrogen-bond donors (Lipinski definition) is 2. The van der Waals surface area contributed by atoms with Crippen molar-refractivity contribution in [1.29, 1.82) is 0 Å². The number of aromatic nitrogens is 1. The molecule has 31 heavy (non-hydrogen) atoms. The summed E-state index contributed by atoms with van der Waals surface area (Å²) >= 11 is 2.58. The number of methoxy groups -OCH3 is 1. The molecule has 4 aromatic rings. The van der Waals surface area contributed by atoms with Gasteiger partial charge in [-0.3, -0.25) is 14.9 Å². The quantitative estimate of drug-likeness (QED) is 0.403. The molecule has 2 amide bonds. The molecular formula is C22H16FN3O3S2. The maximum Gasteiger partial charge on any atom is 0.265 e. The Bertz CT molecular complexity index is 1220. The van der Waals surface area contributed by atoms with E-state index in [1.807, 2.05) is 5.38 Å². The topological polar surface area (TPSA) is 80.3 Å². The predicted octanol–water partition coefficient (Wildman–Crippen LogP) is 5.52. The molecule has 0 saturated heterocycles. The van der Waals surface area contributed by atoms with Crippen molar-refractivity contribution in [2.75, 3.05) is 17.7 Å². The van der Waals surface area contributed by atoms with Crippen molar-refractivity contribution in [3.63, 3.8) is 0 Å². The van der Waals surface area contributed by atoms with E-state index in [-0.39, 0.29) is 11.8 Å². The van der Waals surface area contributed by atoms with E-state index >= 15 is 0 Å². The zero-order valence-corrected chi connectivity index (χ0v) is 17.9. The van der Waals surface area contributed by atoms with Gasteiger partial charge in [-0.1, -0.05) is 6.07 Å². The molecule has 9 heteroatoms. The van der Waals surface area contributed by atoms with E-state index in [4.69, 9.17) is 4.74 Å². The van der Waals surface area contributed by atoms with Crippen LogP contribution in [0.2, 0.25) is 0 Å². The van der Waals surface area contributed by atoms with E-state index in [2.05, 4.69) is 15.6 Å². The largest absolute Gasteiger partial charge is 0.496 e. The van der Waals surface area contributed by atoms with Gasteiger partial charge < -0.3 is 10.1 Å². The molecule has 2 heterocycles. The second-order valence-electron chi connectivity index (χ2n) is 6.35. The first-order valence-corrected chi connectivity index (χ1v) is 10.8. The molecule has 0 bridgehead atoms. The van der Waals surface area contributed by atoms with E-state index in [0.717, 1.165) is 0 Å². The lowest BCUT2D eigenvalue weighted by Gasteiger charge is -2.06. The van der Waals surface area contributed by atoms with Crippen LogP contribution in [0.15, 0.2) is 65.4 Å². The van der Waals surface area contributed by atoms with Crippen molar-refractivity contribution < 1.29 is 18.7 Å². The number of carbonyl (C=O) groups excluding carboxylic acids is 2. The lowest BCUT2D eigenvalue weighted by Crippen LogP contribution is -2.13. The highest BCUT2D eigenvalue weighted by atomic mass is 32.1. The minimum atomic E-state index is -0.402. The van der Waals surface area contributed by atoms with Crippen molar-refractivity contribution in [2.24, 2.45) is 0 Å². The van der Waals surface area contributed by atoms with Crippen LogP contribution in [0.5, 0.6) is 5.75 Å². The number of nitrogens with zero attached hydrogens (tertiary/aromatic N) is 1. The highest BCUT2D eigenvalue weighted by Crippen LogP contribution is 2.33. The van der Waals surface area contributed by atoms with Gasteiger partial charge in [0.2, 0.25) is 0 Å². The molecule has 0 aliphatic carbocycles. The van der Waals surface area contributed by atoms with Gasteiger partial charge in [-0.05, 0) is 53.9 Å². The number of thiophene rings is 1. The van der Waals surface area contributed by atoms with E-state index in [1.165, 1.54) is 48.0 Å². The lowest BCUT2D eigenvalue weighted by molar-refractivity contribution is 0.102. The van der Waals surface area contributed by atoms with Gasteiger partial charge in [0.25, 0.3) is 11.8 Å². The molecular weight excluding hydrogens is 437 g/mol. The summed E-state index contributed by atoms with van der Waals surface area (Å²) in [5, 5.41) is 9.44. The monoisotopic (exact) mass is 453 g/mol. The number of ether oxygens (including phenoxy) is 1. The SMILES string of the molecule is COc1ccc(F)cc1-c1csc(NC(=O)c2ccc(NC(=O)c3cccs3)cc2)n1. The van der Waals surface area contributed by atoms with E-state index in [9.17, 15) is 14.0 Å². The third-order valence-electron chi connectivity index (χ3n) is 4.31. The Morgan fingerprint density at radius 1 is 1.00 bits per heavy atom. The average Bonchev–Trinajstić information content (AvgIpc) is 3.47. The third-order valence-corrected chi connectivity index (χ3v) is 5.94. The molecule has 0 saturated carbocycles. The van der Waals surface area contributed by atoms with E-state index in [1.54, 1.807) is 41.8 Å². The highest BCUT2D eigenvalue weighted by Gasteiger charge is 2.14. The van der Waals surface area contributed by atoms with Crippen LogP contribution in [-0.2, 0) is 0 Å². The van der Waals surface area contributed by atoms with Crippen LogP contribution in [0.25, 0.3) is 11.3 Å². The zero-order chi connectivity index (χ0) is 21.8. The Kier molecular flexibility index (Phi) is 6.06. The molecule has 0 atom stereocenters. The number of amides is 2. The van der Waals surface area contributed by atoms with Crippen molar-refractivity contribution in [1.82, 2.24) is 4.98 Å². The van der Waals surface area contributed by atoms with Gasteiger partial charge in [0.05, 0.1) is 17.7 Å².